The highest BCUT2D eigenvalue weighted by Crippen LogP contribution is 2.37. The zero-order valence-corrected chi connectivity index (χ0v) is 23.7. The lowest BCUT2D eigenvalue weighted by molar-refractivity contribution is 0.0406. The molecule has 0 saturated carbocycles. The summed E-state index contributed by atoms with van der Waals surface area (Å²) in [6.07, 6.45) is 2.25. The smallest absolute Gasteiger partial charge is 0.272 e. The number of carbonyl (C=O) groups is 1. The lowest BCUT2D eigenvalue weighted by atomic mass is 9.98. The summed E-state index contributed by atoms with van der Waals surface area (Å²) in [5, 5.41) is 24.0. The van der Waals surface area contributed by atoms with Gasteiger partial charge in [0.25, 0.3) is 5.91 Å². The van der Waals surface area contributed by atoms with Gasteiger partial charge in [0, 0.05) is 42.2 Å². The van der Waals surface area contributed by atoms with E-state index in [0.29, 0.717) is 46.9 Å². The standard InChI is InChI=1S/C30H30F2N4O4.H2S/c1-18(2)24-8-5-21(26(31)27(24)32)17-40-23-6-3-19(4-7-23)25-28(20-9-11-33-12-10-20)34-36-14-13-35(15-22(38)16-37)30(39)29(25)36;/h3-12,18,22,37-38H,13-17H2,1-2H3;1H2. The second kappa shape index (κ2) is 12.8. The predicted octanol–water partition coefficient (Wildman–Crippen LogP) is 4.51. The van der Waals surface area contributed by atoms with Gasteiger partial charge in [0.1, 0.15) is 23.7 Å². The van der Waals surface area contributed by atoms with Crippen molar-refractivity contribution in [3.05, 3.63) is 89.4 Å². The fraction of sp³-hybridized carbons (Fsp3) is 0.300. The Kier molecular flexibility index (Phi) is 9.42. The van der Waals surface area contributed by atoms with E-state index in [4.69, 9.17) is 9.84 Å². The van der Waals surface area contributed by atoms with Crippen molar-refractivity contribution in [2.75, 3.05) is 19.7 Å². The first-order chi connectivity index (χ1) is 19.3. The molecule has 41 heavy (non-hydrogen) atoms. The van der Waals surface area contributed by atoms with Crippen molar-refractivity contribution in [3.63, 3.8) is 0 Å². The molecule has 1 atom stereocenters. The molecule has 1 amide bonds. The molecule has 216 valence electrons. The van der Waals surface area contributed by atoms with Crippen LogP contribution >= 0.6 is 13.5 Å². The summed E-state index contributed by atoms with van der Waals surface area (Å²) >= 11 is 0. The number of ether oxygens (including phenoxy) is 1. The molecule has 5 rings (SSSR count). The van der Waals surface area contributed by atoms with E-state index in [2.05, 4.69) is 4.98 Å². The molecule has 1 aliphatic heterocycles. The number of β-amino-alcohol motifs (C(OH)–C–C–N with tert-alkyl or cyclic N) is 1. The Morgan fingerprint density at radius 2 is 1.68 bits per heavy atom. The highest BCUT2D eigenvalue weighted by molar-refractivity contribution is 7.59. The van der Waals surface area contributed by atoms with Gasteiger partial charge in [-0.05, 0) is 41.3 Å². The number of hydrogen-bond acceptors (Lipinski definition) is 6. The molecule has 3 heterocycles. The molecule has 0 radical (unpaired) electrons. The summed E-state index contributed by atoms with van der Waals surface area (Å²) in [6.45, 7) is 3.80. The van der Waals surface area contributed by atoms with Gasteiger partial charge in [-0.3, -0.25) is 14.5 Å². The summed E-state index contributed by atoms with van der Waals surface area (Å²) in [5.41, 5.74) is 3.52. The quantitative estimate of drug-likeness (QED) is 0.301. The van der Waals surface area contributed by atoms with E-state index in [9.17, 15) is 23.8 Å². The van der Waals surface area contributed by atoms with Crippen molar-refractivity contribution in [1.29, 1.82) is 0 Å². The summed E-state index contributed by atoms with van der Waals surface area (Å²) in [6, 6.07) is 13.7. The van der Waals surface area contributed by atoms with Crippen LogP contribution in [0.1, 0.15) is 41.4 Å². The molecule has 0 saturated heterocycles. The summed E-state index contributed by atoms with van der Waals surface area (Å²) in [4.78, 5) is 19.1. The van der Waals surface area contributed by atoms with Crippen LogP contribution in [-0.4, -0.2) is 61.6 Å². The number of nitrogens with zero attached hydrogens (tertiary/aromatic N) is 4. The Hall–Kier alpha value is -3.80. The molecular weight excluding hydrogens is 550 g/mol. The van der Waals surface area contributed by atoms with Crippen LogP contribution in [0.5, 0.6) is 5.75 Å². The van der Waals surface area contributed by atoms with Gasteiger partial charge in [-0.2, -0.15) is 18.6 Å². The Bertz CT molecular complexity index is 1510. The van der Waals surface area contributed by atoms with Gasteiger partial charge in [0.05, 0.1) is 19.3 Å². The highest BCUT2D eigenvalue weighted by atomic mass is 32.1. The number of pyridine rings is 1. The molecule has 0 aliphatic carbocycles. The third-order valence-electron chi connectivity index (χ3n) is 6.97. The summed E-state index contributed by atoms with van der Waals surface area (Å²) in [7, 11) is 0. The largest absolute Gasteiger partial charge is 0.489 e. The van der Waals surface area contributed by atoms with E-state index in [1.165, 1.54) is 11.0 Å². The lowest BCUT2D eigenvalue weighted by Crippen LogP contribution is -2.45. The van der Waals surface area contributed by atoms with Crippen molar-refractivity contribution in [3.8, 4) is 28.1 Å². The Balaban J connectivity index is 0.00000387. The molecule has 0 spiro atoms. The number of aliphatic hydroxyl groups excluding tert-OH is 2. The number of aromatic nitrogens is 3. The second-order valence-corrected chi connectivity index (χ2v) is 10.0. The Labute approximate surface area is 243 Å². The molecule has 2 N–H and O–H groups in total. The molecule has 4 aromatic rings. The second-order valence-electron chi connectivity index (χ2n) is 10.0. The number of fused-ring (bicyclic) bond motifs is 1. The number of aliphatic hydroxyl groups is 2. The molecule has 0 fully saturated rings. The van der Waals surface area contributed by atoms with E-state index in [0.717, 1.165) is 5.56 Å². The van der Waals surface area contributed by atoms with Gasteiger partial charge in [0.2, 0.25) is 0 Å². The average Bonchev–Trinajstić information content (AvgIpc) is 3.36. The van der Waals surface area contributed by atoms with E-state index in [-0.39, 0.29) is 44.0 Å². The fourth-order valence-corrected chi connectivity index (χ4v) is 4.82. The Morgan fingerprint density at radius 3 is 2.34 bits per heavy atom. The first-order valence-corrected chi connectivity index (χ1v) is 13.1. The van der Waals surface area contributed by atoms with Crippen molar-refractivity contribution in [1.82, 2.24) is 19.7 Å². The van der Waals surface area contributed by atoms with Crippen LogP contribution < -0.4 is 4.74 Å². The normalized spacial score (nSPS) is 13.6. The number of benzene rings is 2. The topological polar surface area (TPSA) is 101 Å². The first-order valence-electron chi connectivity index (χ1n) is 13.1. The van der Waals surface area contributed by atoms with Crippen LogP contribution in [0.4, 0.5) is 8.78 Å². The van der Waals surface area contributed by atoms with Crippen LogP contribution in [0, 0.1) is 11.6 Å². The van der Waals surface area contributed by atoms with Gasteiger partial charge in [-0.15, -0.1) is 0 Å². The van der Waals surface area contributed by atoms with E-state index < -0.39 is 24.3 Å². The number of hydrogen-bond donors (Lipinski definition) is 2. The molecule has 11 heteroatoms. The predicted molar refractivity (Wildman–Crippen MR) is 155 cm³/mol. The minimum absolute atomic E-state index is 0. The third kappa shape index (κ3) is 6.12. The maximum absolute atomic E-state index is 14.6. The van der Waals surface area contributed by atoms with Crippen molar-refractivity contribution in [2.45, 2.75) is 39.0 Å². The number of carbonyl (C=O) groups excluding carboxylic acids is 1. The minimum atomic E-state index is -1.04. The number of amides is 1. The molecule has 2 aromatic heterocycles. The fourth-order valence-electron chi connectivity index (χ4n) is 4.82. The first kappa shape index (κ1) is 30.2. The Morgan fingerprint density at radius 1 is 0.976 bits per heavy atom. The molecular formula is C30H32F2N4O4S. The van der Waals surface area contributed by atoms with Crippen molar-refractivity contribution in [2.24, 2.45) is 0 Å². The third-order valence-corrected chi connectivity index (χ3v) is 6.97. The summed E-state index contributed by atoms with van der Waals surface area (Å²) < 4.78 is 36.4. The van der Waals surface area contributed by atoms with Crippen LogP contribution in [0.25, 0.3) is 22.4 Å². The molecule has 1 unspecified atom stereocenters. The summed E-state index contributed by atoms with van der Waals surface area (Å²) in [5.74, 6) is -1.76. The van der Waals surface area contributed by atoms with E-state index in [1.807, 2.05) is 12.1 Å². The number of rotatable bonds is 9. The zero-order chi connectivity index (χ0) is 28.4. The van der Waals surface area contributed by atoms with Crippen molar-refractivity contribution < 1.29 is 28.5 Å². The van der Waals surface area contributed by atoms with Crippen molar-refractivity contribution >= 4 is 19.4 Å². The lowest BCUT2D eigenvalue weighted by Gasteiger charge is -2.29. The molecule has 0 bridgehead atoms. The van der Waals surface area contributed by atoms with Gasteiger partial charge in [-0.1, -0.05) is 38.1 Å². The molecule has 1 aliphatic rings. The van der Waals surface area contributed by atoms with Gasteiger partial charge < -0.3 is 19.8 Å². The average molecular weight is 583 g/mol. The highest BCUT2D eigenvalue weighted by Gasteiger charge is 2.33. The SMILES string of the molecule is CC(C)c1ccc(COc2ccc(-c3c(-c4ccncc4)nn4c3C(=O)N(CC(O)CO)CC4)cc2)c(F)c1F.S. The van der Waals surface area contributed by atoms with E-state index >= 15 is 0 Å². The van der Waals surface area contributed by atoms with E-state index in [1.54, 1.807) is 61.3 Å². The number of halogens is 2. The van der Waals surface area contributed by atoms with Crippen LogP contribution in [0.2, 0.25) is 0 Å². The van der Waals surface area contributed by atoms with Gasteiger partial charge in [-0.25, -0.2) is 8.78 Å². The van der Waals surface area contributed by atoms with Gasteiger partial charge >= 0.3 is 0 Å². The molecule has 2 aromatic carbocycles. The van der Waals surface area contributed by atoms with Crippen LogP contribution in [0.15, 0.2) is 60.9 Å². The minimum Gasteiger partial charge on any atom is -0.489 e. The van der Waals surface area contributed by atoms with Crippen LogP contribution in [0.3, 0.4) is 0 Å². The monoisotopic (exact) mass is 582 g/mol. The maximum Gasteiger partial charge on any atom is 0.272 e. The maximum atomic E-state index is 14.6. The zero-order valence-electron chi connectivity index (χ0n) is 22.7. The molecule has 8 nitrogen and oxygen atoms in total. The van der Waals surface area contributed by atoms with Crippen LogP contribution in [-0.2, 0) is 13.2 Å². The van der Waals surface area contributed by atoms with Gasteiger partial charge in [0.15, 0.2) is 11.6 Å².